The van der Waals surface area contributed by atoms with Gasteiger partial charge in [-0.15, -0.1) is 6.58 Å². The highest BCUT2D eigenvalue weighted by molar-refractivity contribution is 5.78. The molecule has 0 aliphatic carbocycles. The van der Waals surface area contributed by atoms with Gasteiger partial charge in [-0.05, 0) is 30.2 Å². The van der Waals surface area contributed by atoms with E-state index in [0.717, 1.165) is 12.2 Å². The summed E-state index contributed by atoms with van der Waals surface area (Å²) >= 11 is 0. The number of hydrogen-bond donors (Lipinski definition) is 0. The van der Waals surface area contributed by atoms with Crippen molar-refractivity contribution in [2.24, 2.45) is 5.92 Å². The standard InChI is InChI=1S/C20H26N2O/c1-5-12-22(20(23)16(2)3)15-19-11-8-13-21(19)14-18-10-7-6-9-17(18)4/h5-11,13,16H,1,12,14-15H2,2-4H3. The lowest BCUT2D eigenvalue weighted by Crippen LogP contribution is -2.34. The molecule has 0 N–H and O–H groups in total. The van der Waals surface area contributed by atoms with Gasteiger partial charge in [-0.25, -0.2) is 0 Å². The largest absolute Gasteiger partial charge is 0.345 e. The molecular weight excluding hydrogens is 284 g/mol. The molecule has 0 saturated heterocycles. The summed E-state index contributed by atoms with van der Waals surface area (Å²) in [5, 5.41) is 0. The average molecular weight is 310 g/mol. The van der Waals surface area contributed by atoms with Crippen molar-refractivity contribution in [1.82, 2.24) is 9.47 Å². The molecule has 0 bridgehead atoms. The van der Waals surface area contributed by atoms with Crippen molar-refractivity contribution in [3.05, 3.63) is 72.1 Å². The monoisotopic (exact) mass is 310 g/mol. The van der Waals surface area contributed by atoms with E-state index in [2.05, 4.69) is 54.6 Å². The minimum atomic E-state index is -0.00488. The van der Waals surface area contributed by atoms with Gasteiger partial charge in [0.15, 0.2) is 0 Å². The molecule has 1 heterocycles. The van der Waals surface area contributed by atoms with Crippen LogP contribution in [0.3, 0.4) is 0 Å². The molecular formula is C20H26N2O. The van der Waals surface area contributed by atoms with Crippen LogP contribution in [-0.4, -0.2) is 21.9 Å². The number of nitrogens with zero attached hydrogens (tertiary/aromatic N) is 2. The van der Waals surface area contributed by atoms with E-state index in [0.29, 0.717) is 13.1 Å². The van der Waals surface area contributed by atoms with E-state index in [-0.39, 0.29) is 11.8 Å². The molecule has 2 aromatic rings. The van der Waals surface area contributed by atoms with Crippen LogP contribution in [0.1, 0.15) is 30.7 Å². The zero-order valence-electron chi connectivity index (χ0n) is 14.3. The van der Waals surface area contributed by atoms with Crippen LogP contribution in [0.4, 0.5) is 0 Å². The number of amides is 1. The first-order chi connectivity index (χ1) is 11.0. The number of carbonyl (C=O) groups excluding carboxylic acids is 1. The summed E-state index contributed by atoms with van der Waals surface area (Å²) in [7, 11) is 0. The highest BCUT2D eigenvalue weighted by Crippen LogP contribution is 2.14. The van der Waals surface area contributed by atoms with E-state index >= 15 is 0 Å². The first-order valence-electron chi connectivity index (χ1n) is 8.11. The highest BCUT2D eigenvalue weighted by Gasteiger charge is 2.17. The maximum atomic E-state index is 12.4. The molecule has 0 atom stereocenters. The maximum absolute atomic E-state index is 12.4. The van der Waals surface area contributed by atoms with Gasteiger partial charge in [0.1, 0.15) is 0 Å². The normalized spacial score (nSPS) is 10.8. The molecule has 0 aliphatic rings. The molecule has 0 unspecified atom stereocenters. The Kier molecular flexibility index (Phi) is 5.80. The minimum absolute atomic E-state index is 0.00488. The number of benzene rings is 1. The highest BCUT2D eigenvalue weighted by atomic mass is 16.2. The lowest BCUT2D eigenvalue weighted by Gasteiger charge is -2.24. The Labute approximate surface area is 139 Å². The van der Waals surface area contributed by atoms with E-state index < -0.39 is 0 Å². The first kappa shape index (κ1) is 17.1. The molecule has 122 valence electrons. The number of aromatic nitrogens is 1. The molecule has 0 radical (unpaired) electrons. The van der Waals surface area contributed by atoms with E-state index in [1.54, 1.807) is 6.08 Å². The van der Waals surface area contributed by atoms with E-state index in [1.165, 1.54) is 11.1 Å². The Hall–Kier alpha value is -2.29. The lowest BCUT2D eigenvalue weighted by molar-refractivity contribution is -0.134. The van der Waals surface area contributed by atoms with Gasteiger partial charge in [-0.2, -0.15) is 0 Å². The quantitative estimate of drug-likeness (QED) is 0.709. The van der Waals surface area contributed by atoms with Crippen LogP contribution in [0.15, 0.2) is 55.3 Å². The fraction of sp³-hybridized carbons (Fsp3) is 0.350. The molecule has 3 heteroatoms. The van der Waals surface area contributed by atoms with Gasteiger partial charge in [0, 0.05) is 30.9 Å². The summed E-state index contributed by atoms with van der Waals surface area (Å²) in [4.78, 5) is 14.2. The van der Waals surface area contributed by atoms with Crippen molar-refractivity contribution in [2.45, 2.75) is 33.9 Å². The summed E-state index contributed by atoms with van der Waals surface area (Å²) in [6.07, 6.45) is 3.86. The number of carbonyl (C=O) groups is 1. The van der Waals surface area contributed by atoms with E-state index in [4.69, 9.17) is 0 Å². The zero-order valence-corrected chi connectivity index (χ0v) is 14.3. The summed E-state index contributed by atoms with van der Waals surface area (Å²) in [5.41, 5.74) is 3.73. The third-order valence-electron chi connectivity index (χ3n) is 4.03. The SMILES string of the molecule is C=CCN(Cc1cccn1Cc1ccccc1C)C(=O)C(C)C. The van der Waals surface area contributed by atoms with Gasteiger partial charge < -0.3 is 9.47 Å². The number of hydrogen-bond acceptors (Lipinski definition) is 1. The van der Waals surface area contributed by atoms with Crippen LogP contribution in [-0.2, 0) is 17.9 Å². The van der Waals surface area contributed by atoms with Crippen LogP contribution in [0.25, 0.3) is 0 Å². The topological polar surface area (TPSA) is 25.2 Å². The van der Waals surface area contributed by atoms with Gasteiger partial charge >= 0.3 is 0 Å². The van der Waals surface area contributed by atoms with Gasteiger partial charge in [0.2, 0.25) is 5.91 Å². The molecule has 0 fully saturated rings. The van der Waals surface area contributed by atoms with Crippen molar-refractivity contribution < 1.29 is 4.79 Å². The van der Waals surface area contributed by atoms with Crippen LogP contribution >= 0.6 is 0 Å². The fourth-order valence-corrected chi connectivity index (χ4v) is 2.67. The Balaban J connectivity index is 2.18. The second kappa shape index (κ2) is 7.82. The predicted octanol–water partition coefficient (Wildman–Crippen LogP) is 4.02. The molecule has 1 aromatic heterocycles. The van der Waals surface area contributed by atoms with Gasteiger partial charge in [0.05, 0.1) is 6.54 Å². The van der Waals surface area contributed by atoms with Gasteiger partial charge in [-0.3, -0.25) is 4.79 Å². The summed E-state index contributed by atoms with van der Waals surface area (Å²) < 4.78 is 2.21. The molecule has 3 nitrogen and oxygen atoms in total. The van der Waals surface area contributed by atoms with Crippen LogP contribution < -0.4 is 0 Å². The number of rotatable bonds is 7. The molecule has 0 spiro atoms. The minimum Gasteiger partial charge on any atom is -0.345 e. The third-order valence-corrected chi connectivity index (χ3v) is 4.03. The van der Waals surface area contributed by atoms with Crippen molar-refractivity contribution in [3.8, 4) is 0 Å². The summed E-state index contributed by atoms with van der Waals surface area (Å²) in [6.45, 7) is 11.8. The number of aryl methyl sites for hydroxylation is 1. The maximum Gasteiger partial charge on any atom is 0.225 e. The molecule has 1 aromatic carbocycles. The smallest absolute Gasteiger partial charge is 0.225 e. The Bertz CT molecular complexity index is 670. The average Bonchev–Trinajstić information content (AvgIpc) is 2.95. The lowest BCUT2D eigenvalue weighted by atomic mass is 10.1. The van der Waals surface area contributed by atoms with E-state index in [9.17, 15) is 4.79 Å². The van der Waals surface area contributed by atoms with Gasteiger partial charge in [-0.1, -0.05) is 44.2 Å². The molecule has 23 heavy (non-hydrogen) atoms. The Morgan fingerprint density at radius 3 is 2.65 bits per heavy atom. The summed E-state index contributed by atoms with van der Waals surface area (Å²) in [5.74, 6) is 0.156. The van der Waals surface area contributed by atoms with Crippen molar-refractivity contribution >= 4 is 5.91 Å². The predicted molar refractivity (Wildman–Crippen MR) is 95.2 cm³/mol. The second-order valence-electron chi connectivity index (χ2n) is 6.22. The van der Waals surface area contributed by atoms with Crippen molar-refractivity contribution in [2.75, 3.05) is 6.54 Å². The molecule has 1 amide bonds. The van der Waals surface area contributed by atoms with Crippen LogP contribution in [0.2, 0.25) is 0 Å². The fourth-order valence-electron chi connectivity index (χ4n) is 2.67. The van der Waals surface area contributed by atoms with Gasteiger partial charge in [0.25, 0.3) is 0 Å². The third kappa shape index (κ3) is 4.35. The second-order valence-corrected chi connectivity index (χ2v) is 6.22. The van der Waals surface area contributed by atoms with E-state index in [1.807, 2.05) is 24.8 Å². The van der Waals surface area contributed by atoms with Crippen LogP contribution in [0, 0.1) is 12.8 Å². The summed E-state index contributed by atoms with van der Waals surface area (Å²) in [6, 6.07) is 12.5. The Morgan fingerprint density at radius 1 is 1.26 bits per heavy atom. The van der Waals surface area contributed by atoms with Crippen molar-refractivity contribution in [3.63, 3.8) is 0 Å². The first-order valence-corrected chi connectivity index (χ1v) is 8.11. The van der Waals surface area contributed by atoms with Crippen LogP contribution in [0.5, 0.6) is 0 Å². The zero-order chi connectivity index (χ0) is 16.8. The van der Waals surface area contributed by atoms with Crippen molar-refractivity contribution in [1.29, 1.82) is 0 Å². The molecule has 0 saturated carbocycles. The molecule has 0 aliphatic heterocycles. The Morgan fingerprint density at radius 2 is 2.00 bits per heavy atom. The molecule has 2 rings (SSSR count).